The van der Waals surface area contributed by atoms with E-state index in [4.69, 9.17) is 4.74 Å². The number of carbonyl (C=O) groups is 1. The molecule has 1 aliphatic heterocycles. The minimum atomic E-state index is -0.109. The minimum Gasteiger partial charge on any atom is -0.497 e. The second-order valence-corrected chi connectivity index (χ2v) is 7.01. The van der Waals surface area contributed by atoms with E-state index in [0.717, 1.165) is 24.4 Å². The Bertz CT molecular complexity index is 710. The molecule has 1 atom stereocenters. The number of hydrogen-bond acceptors (Lipinski definition) is 3. The summed E-state index contributed by atoms with van der Waals surface area (Å²) in [7, 11) is 1.61. The molecule has 2 aromatic rings. The summed E-state index contributed by atoms with van der Waals surface area (Å²) in [4.78, 5) is 14.9. The fourth-order valence-electron chi connectivity index (χ4n) is 3.46. The summed E-state index contributed by atoms with van der Waals surface area (Å²) in [5.74, 6) is 0.636. The number of nitrogens with one attached hydrogen (secondary N) is 1. The van der Waals surface area contributed by atoms with E-state index in [1.54, 1.807) is 31.4 Å². The van der Waals surface area contributed by atoms with Gasteiger partial charge in [-0.3, -0.25) is 4.79 Å². The van der Waals surface area contributed by atoms with Crippen molar-refractivity contribution in [3.05, 3.63) is 59.7 Å². The van der Waals surface area contributed by atoms with Gasteiger partial charge in [0.25, 0.3) is 5.91 Å². The van der Waals surface area contributed by atoms with Gasteiger partial charge in [0, 0.05) is 23.8 Å². The van der Waals surface area contributed by atoms with Gasteiger partial charge >= 0.3 is 0 Å². The van der Waals surface area contributed by atoms with Crippen molar-refractivity contribution in [2.75, 3.05) is 25.5 Å². The predicted octanol–water partition coefficient (Wildman–Crippen LogP) is 4.36. The third-order valence-electron chi connectivity index (χ3n) is 5.19. The van der Waals surface area contributed by atoms with Gasteiger partial charge in [-0.05, 0) is 74.7 Å². The number of methoxy groups -OCH3 is 1. The minimum absolute atomic E-state index is 0.109. The number of amides is 1. The highest BCUT2D eigenvalue weighted by Crippen LogP contribution is 2.18. The normalized spacial score (nSPS) is 17.7. The summed E-state index contributed by atoms with van der Waals surface area (Å²) < 4.78 is 5.12. The van der Waals surface area contributed by atoms with Gasteiger partial charge in [-0.1, -0.05) is 18.6 Å². The highest BCUT2D eigenvalue weighted by molar-refractivity contribution is 6.04. The van der Waals surface area contributed by atoms with Crippen LogP contribution in [0.2, 0.25) is 0 Å². The quantitative estimate of drug-likeness (QED) is 0.840. The third-order valence-corrected chi connectivity index (χ3v) is 5.19. The highest BCUT2D eigenvalue weighted by atomic mass is 16.5. The average molecular weight is 352 g/mol. The van der Waals surface area contributed by atoms with Crippen LogP contribution in [0.25, 0.3) is 0 Å². The van der Waals surface area contributed by atoms with E-state index in [0.29, 0.717) is 11.6 Å². The zero-order valence-electron chi connectivity index (χ0n) is 15.7. The molecule has 138 valence electrons. The van der Waals surface area contributed by atoms with Crippen LogP contribution in [0.15, 0.2) is 48.5 Å². The second-order valence-electron chi connectivity index (χ2n) is 7.01. The average Bonchev–Trinajstić information content (AvgIpc) is 2.68. The zero-order valence-corrected chi connectivity index (χ0v) is 15.7. The standard InChI is InChI=1S/C22H28N2O2/c1-17-5-3-4-15-24(17)16-14-18-6-10-20(11-7-18)23-22(25)19-8-12-21(26-2)13-9-19/h6-13,17H,3-5,14-16H2,1-2H3,(H,23,25). The van der Waals surface area contributed by atoms with Crippen molar-refractivity contribution in [2.24, 2.45) is 0 Å². The molecule has 0 bridgehead atoms. The Morgan fingerprint density at radius 3 is 2.50 bits per heavy atom. The lowest BCUT2D eigenvalue weighted by molar-refractivity contribution is 0.102. The first kappa shape index (κ1) is 18.5. The van der Waals surface area contributed by atoms with Crippen molar-refractivity contribution < 1.29 is 9.53 Å². The van der Waals surface area contributed by atoms with E-state index in [1.165, 1.54) is 31.4 Å². The molecular weight excluding hydrogens is 324 g/mol. The van der Waals surface area contributed by atoms with Crippen molar-refractivity contribution in [3.8, 4) is 5.75 Å². The molecule has 1 fully saturated rings. The number of rotatable bonds is 6. The van der Waals surface area contributed by atoms with Gasteiger partial charge in [-0.15, -0.1) is 0 Å². The molecule has 1 N–H and O–H groups in total. The summed E-state index contributed by atoms with van der Waals surface area (Å²) in [5.41, 5.74) is 2.75. The van der Waals surface area contributed by atoms with Gasteiger partial charge < -0.3 is 15.0 Å². The molecule has 4 nitrogen and oxygen atoms in total. The summed E-state index contributed by atoms with van der Waals surface area (Å²) in [6.07, 6.45) is 5.05. The first-order valence-electron chi connectivity index (χ1n) is 9.44. The number of nitrogens with zero attached hydrogens (tertiary/aromatic N) is 1. The molecule has 0 spiro atoms. The number of likely N-dealkylation sites (tertiary alicyclic amines) is 1. The van der Waals surface area contributed by atoms with Gasteiger partial charge in [-0.2, -0.15) is 0 Å². The van der Waals surface area contributed by atoms with Crippen LogP contribution in [0.4, 0.5) is 5.69 Å². The van der Waals surface area contributed by atoms with Crippen LogP contribution in [0, 0.1) is 0 Å². The second kappa shape index (κ2) is 8.86. The van der Waals surface area contributed by atoms with Crippen molar-refractivity contribution in [3.63, 3.8) is 0 Å². The molecule has 1 saturated heterocycles. The maximum absolute atomic E-state index is 12.3. The Hall–Kier alpha value is -2.33. The molecule has 4 heteroatoms. The SMILES string of the molecule is COc1ccc(C(=O)Nc2ccc(CCN3CCCCC3C)cc2)cc1. The van der Waals surface area contributed by atoms with Crippen LogP contribution in [-0.2, 0) is 6.42 Å². The van der Waals surface area contributed by atoms with Crippen molar-refractivity contribution >= 4 is 11.6 Å². The van der Waals surface area contributed by atoms with Crippen LogP contribution in [0.1, 0.15) is 42.1 Å². The third kappa shape index (κ3) is 4.85. The molecular formula is C22H28N2O2. The lowest BCUT2D eigenvalue weighted by atomic mass is 10.0. The molecule has 1 amide bonds. The molecule has 1 aliphatic rings. The maximum Gasteiger partial charge on any atom is 0.255 e. The molecule has 2 aromatic carbocycles. The molecule has 0 aromatic heterocycles. The number of hydrogen-bond donors (Lipinski definition) is 1. The first-order valence-corrected chi connectivity index (χ1v) is 9.44. The Kier molecular flexibility index (Phi) is 6.29. The molecule has 0 saturated carbocycles. The van der Waals surface area contributed by atoms with Crippen LogP contribution < -0.4 is 10.1 Å². The van der Waals surface area contributed by atoms with E-state index in [2.05, 4.69) is 29.3 Å². The summed E-state index contributed by atoms with van der Waals surface area (Å²) in [6, 6.07) is 16.0. The Labute approximate surface area is 156 Å². The number of piperidine rings is 1. The molecule has 1 unspecified atom stereocenters. The van der Waals surface area contributed by atoms with Gasteiger partial charge in [0.1, 0.15) is 5.75 Å². The van der Waals surface area contributed by atoms with Crippen molar-refractivity contribution in [1.29, 1.82) is 0 Å². The maximum atomic E-state index is 12.3. The highest BCUT2D eigenvalue weighted by Gasteiger charge is 2.17. The van der Waals surface area contributed by atoms with E-state index >= 15 is 0 Å². The van der Waals surface area contributed by atoms with E-state index in [9.17, 15) is 4.79 Å². The number of anilines is 1. The zero-order chi connectivity index (χ0) is 18.4. The summed E-state index contributed by atoms with van der Waals surface area (Å²) in [5, 5.41) is 2.95. The molecule has 3 rings (SSSR count). The smallest absolute Gasteiger partial charge is 0.255 e. The first-order chi connectivity index (χ1) is 12.7. The monoisotopic (exact) mass is 352 g/mol. The summed E-state index contributed by atoms with van der Waals surface area (Å²) >= 11 is 0. The Morgan fingerprint density at radius 1 is 1.12 bits per heavy atom. The van der Waals surface area contributed by atoms with Crippen molar-refractivity contribution in [2.45, 2.75) is 38.6 Å². The lowest BCUT2D eigenvalue weighted by Crippen LogP contribution is -2.38. The predicted molar refractivity (Wildman–Crippen MR) is 106 cm³/mol. The van der Waals surface area contributed by atoms with Crippen LogP contribution in [0.3, 0.4) is 0 Å². The van der Waals surface area contributed by atoms with Gasteiger partial charge in [0.15, 0.2) is 0 Å². The number of ether oxygens (including phenoxy) is 1. The van der Waals surface area contributed by atoms with E-state index in [1.807, 2.05) is 12.1 Å². The van der Waals surface area contributed by atoms with E-state index < -0.39 is 0 Å². The number of carbonyl (C=O) groups excluding carboxylic acids is 1. The summed E-state index contributed by atoms with van der Waals surface area (Å²) in [6.45, 7) is 4.66. The molecule has 1 heterocycles. The van der Waals surface area contributed by atoms with Crippen LogP contribution >= 0.6 is 0 Å². The topological polar surface area (TPSA) is 41.6 Å². The fourth-order valence-corrected chi connectivity index (χ4v) is 3.46. The molecule has 0 radical (unpaired) electrons. The Morgan fingerprint density at radius 2 is 1.85 bits per heavy atom. The van der Waals surface area contributed by atoms with Crippen LogP contribution in [-0.4, -0.2) is 37.0 Å². The molecule has 0 aliphatic carbocycles. The lowest BCUT2D eigenvalue weighted by Gasteiger charge is -2.33. The van der Waals surface area contributed by atoms with Crippen LogP contribution in [0.5, 0.6) is 5.75 Å². The largest absolute Gasteiger partial charge is 0.497 e. The fraction of sp³-hybridized carbons (Fsp3) is 0.409. The van der Waals surface area contributed by atoms with E-state index in [-0.39, 0.29) is 5.91 Å². The number of benzene rings is 2. The van der Waals surface area contributed by atoms with Crippen molar-refractivity contribution in [1.82, 2.24) is 4.90 Å². The van der Waals surface area contributed by atoms with Gasteiger partial charge in [0.2, 0.25) is 0 Å². The van der Waals surface area contributed by atoms with Gasteiger partial charge in [-0.25, -0.2) is 0 Å². The van der Waals surface area contributed by atoms with Gasteiger partial charge in [0.05, 0.1) is 7.11 Å². The Balaban J connectivity index is 1.52. The molecule has 26 heavy (non-hydrogen) atoms.